The van der Waals surface area contributed by atoms with Crippen molar-refractivity contribution in [1.29, 1.82) is 0 Å². The SMILES string of the molecule is CCNC(=O)[C@H](CC)N(Cc1ccc(Cl)cc1Cl)C(=O)CN(c1ccc(Cl)cc1)S(=O)(=O)c1ccc(OC)c(OC)c1. The van der Waals surface area contributed by atoms with Gasteiger partial charge in [-0.2, -0.15) is 0 Å². The van der Waals surface area contributed by atoms with Crippen LogP contribution in [0.3, 0.4) is 0 Å². The lowest BCUT2D eigenvalue weighted by Gasteiger charge is -2.33. The van der Waals surface area contributed by atoms with Crippen LogP contribution in [0.5, 0.6) is 11.5 Å². The minimum absolute atomic E-state index is 0.0602. The lowest BCUT2D eigenvalue weighted by Crippen LogP contribution is -2.52. The predicted molar refractivity (Wildman–Crippen MR) is 165 cm³/mol. The van der Waals surface area contributed by atoms with Crippen LogP contribution in [0.1, 0.15) is 25.8 Å². The van der Waals surface area contributed by atoms with Crippen molar-refractivity contribution in [2.24, 2.45) is 0 Å². The summed E-state index contributed by atoms with van der Waals surface area (Å²) < 4.78 is 39.7. The van der Waals surface area contributed by atoms with E-state index in [1.807, 2.05) is 0 Å². The van der Waals surface area contributed by atoms with Crippen LogP contribution in [0.4, 0.5) is 5.69 Å². The molecule has 0 aliphatic carbocycles. The van der Waals surface area contributed by atoms with Gasteiger partial charge in [-0.3, -0.25) is 13.9 Å². The summed E-state index contributed by atoms with van der Waals surface area (Å²) >= 11 is 18.6. The summed E-state index contributed by atoms with van der Waals surface area (Å²) in [6.45, 7) is 3.20. The molecule has 0 aliphatic rings. The van der Waals surface area contributed by atoms with Crippen molar-refractivity contribution < 1.29 is 27.5 Å². The Labute approximate surface area is 261 Å². The third-order valence-corrected chi connectivity index (χ3v) is 9.04. The van der Waals surface area contributed by atoms with E-state index in [9.17, 15) is 18.0 Å². The number of rotatable bonds is 13. The van der Waals surface area contributed by atoms with Gasteiger partial charge >= 0.3 is 0 Å². The van der Waals surface area contributed by atoms with Crippen LogP contribution < -0.4 is 19.1 Å². The van der Waals surface area contributed by atoms with Crippen molar-refractivity contribution in [2.45, 2.75) is 37.8 Å². The predicted octanol–water partition coefficient (Wildman–Crippen LogP) is 5.80. The summed E-state index contributed by atoms with van der Waals surface area (Å²) in [4.78, 5) is 28.3. The topological polar surface area (TPSA) is 105 Å². The van der Waals surface area contributed by atoms with E-state index >= 15 is 0 Å². The number of sulfonamides is 1. The first-order valence-electron chi connectivity index (χ1n) is 13.0. The van der Waals surface area contributed by atoms with E-state index in [1.54, 1.807) is 26.0 Å². The Bertz CT molecular complexity index is 1520. The number of nitrogens with zero attached hydrogens (tertiary/aromatic N) is 2. The van der Waals surface area contributed by atoms with E-state index < -0.39 is 28.5 Å². The monoisotopic (exact) mass is 655 g/mol. The number of likely N-dealkylation sites (N-methyl/N-ethyl adjacent to an activating group) is 1. The van der Waals surface area contributed by atoms with Crippen molar-refractivity contribution in [3.8, 4) is 11.5 Å². The second-order valence-electron chi connectivity index (χ2n) is 9.08. The molecule has 0 saturated heterocycles. The van der Waals surface area contributed by atoms with Gasteiger partial charge in [0.15, 0.2) is 11.5 Å². The first-order chi connectivity index (χ1) is 20.0. The maximum absolute atomic E-state index is 14.1. The van der Waals surface area contributed by atoms with Gasteiger partial charge < -0.3 is 19.7 Å². The van der Waals surface area contributed by atoms with Crippen LogP contribution in [-0.2, 0) is 26.2 Å². The molecule has 2 amide bonds. The fraction of sp³-hybridized carbons (Fsp3) is 0.310. The summed E-state index contributed by atoms with van der Waals surface area (Å²) in [5, 5.41) is 3.85. The van der Waals surface area contributed by atoms with Crippen molar-refractivity contribution in [2.75, 3.05) is 31.6 Å². The second kappa shape index (κ2) is 14.8. The number of amides is 2. The lowest BCUT2D eigenvalue weighted by molar-refractivity contribution is -0.140. The Morgan fingerprint density at radius 2 is 1.52 bits per heavy atom. The average Bonchev–Trinajstić information content (AvgIpc) is 2.97. The van der Waals surface area contributed by atoms with Gasteiger partial charge in [-0.15, -0.1) is 0 Å². The van der Waals surface area contributed by atoms with Gasteiger partial charge in [0.05, 0.1) is 24.8 Å². The van der Waals surface area contributed by atoms with Crippen LogP contribution in [0.2, 0.25) is 15.1 Å². The third-order valence-electron chi connectivity index (χ3n) is 6.43. The number of halogens is 3. The number of ether oxygens (including phenoxy) is 2. The summed E-state index contributed by atoms with van der Waals surface area (Å²) in [5.74, 6) is -0.469. The number of anilines is 1. The zero-order chi connectivity index (χ0) is 31.0. The van der Waals surface area contributed by atoms with Gasteiger partial charge in [0.25, 0.3) is 10.0 Å². The highest BCUT2D eigenvalue weighted by atomic mass is 35.5. The zero-order valence-corrected chi connectivity index (χ0v) is 26.6. The molecule has 0 radical (unpaired) electrons. The minimum Gasteiger partial charge on any atom is -0.493 e. The van der Waals surface area contributed by atoms with Crippen LogP contribution >= 0.6 is 34.8 Å². The molecule has 0 saturated carbocycles. The molecule has 0 bridgehead atoms. The Kier molecular flexibility index (Phi) is 11.8. The lowest BCUT2D eigenvalue weighted by atomic mass is 10.1. The Hall–Kier alpha value is -3.18. The molecule has 3 aromatic carbocycles. The Morgan fingerprint density at radius 3 is 2.10 bits per heavy atom. The molecule has 0 heterocycles. The van der Waals surface area contributed by atoms with Crippen LogP contribution in [-0.4, -0.2) is 58.5 Å². The third kappa shape index (κ3) is 7.80. The van der Waals surface area contributed by atoms with Crippen molar-refractivity contribution in [1.82, 2.24) is 10.2 Å². The van der Waals surface area contributed by atoms with Crippen molar-refractivity contribution in [3.63, 3.8) is 0 Å². The molecule has 3 aromatic rings. The van der Waals surface area contributed by atoms with E-state index in [1.165, 1.54) is 67.7 Å². The maximum Gasteiger partial charge on any atom is 0.264 e. The van der Waals surface area contributed by atoms with Crippen LogP contribution in [0, 0.1) is 0 Å². The zero-order valence-electron chi connectivity index (χ0n) is 23.6. The molecule has 3 rings (SSSR count). The normalized spacial score (nSPS) is 11.9. The number of hydrogen-bond acceptors (Lipinski definition) is 6. The molecule has 226 valence electrons. The number of benzene rings is 3. The number of methoxy groups -OCH3 is 2. The largest absolute Gasteiger partial charge is 0.493 e. The molecule has 0 aromatic heterocycles. The van der Waals surface area contributed by atoms with Crippen LogP contribution in [0.15, 0.2) is 65.6 Å². The molecule has 0 spiro atoms. The van der Waals surface area contributed by atoms with Gasteiger partial charge in [0, 0.05) is 34.2 Å². The summed E-state index contributed by atoms with van der Waals surface area (Å²) in [6.07, 6.45) is 0.270. The van der Waals surface area contributed by atoms with Gasteiger partial charge in [0.1, 0.15) is 12.6 Å². The molecule has 0 fully saturated rings. The first-order valence-corrected chi connectivity index (χ1v) is 15.6. The molecule has 13 heteroatoms. The molecule has 0 unspecified atom stereocenters. The standard InChI is InChI=1S/C29H32Cl3N3O6S/c1-5-25(29(37)33-6-2)34(17-19-7-8-21(31)15-24(19)32)28(36)18-35(22-11-9-20(30)10-12-22)42(38,39)23-13-14-26(40-3)27(16-23)41-4/h7-16,25H,5-6,17-18H2,1-4H3,(H,33,37)/t25-/m0/s1. The van der Waals surface area contributed by atoms with Crippen molar-refractivity contribution >= 4 is 62.3 Å². The number of nitrogens with one attached hydrogen (secondary N) is 1. The van der Waals surface area contributed by atoms with E-state index in [0.29, 0.717) is 32.9 Å². The highest BCUT2D eigenvalue weighted by Gasteiger charge is 2.34. The molecular formula is C29H32Cl3N3O6S. The molecule has 42 heavy (non-hydrogen) atoms. The van der Waals surface area contributed by atoms with Gasteiger partial charge in [-0.25, -0.2) is 8.42 Å². The molecular weight excluding hydrogens is 625 g/mol. The van der Waals surface area contributed by atoms with Crippen LogP contribution in [0.25, 0.3) is 0 Å². The fourth-order valence-electron chi connectivity index (χ4n) is 4.29. The molecule has 9 nitrogen and oxygen atoms in total. The van der Waals surface area contributed by atoms with E-state index in [0.717, 1.165) is 4.31 Å². The highest BCUT2D eigenvalue weighted by molar-refractivity contribution is 7.92. The average molecular weight is 657 g/mol. The maximum atomic E-state index is 14.1. The number of carbonyl (C=O) groups excluding carboxylic acids is 2. The second-order valence-corrected chi connectivity index (χ2v) is 12.2. The quantitative estimate of drug-likeness (QED) is 0.249. The number of hydrogen-bond donors (Lipinski definition) is 1. The summed E-state index contributed by atoms with van der Waals surface area (Å²) in [6, 6.07) is 14.1. The Morgan fingerprint density at radius 1 is 0.881 bits per heavy atom. The fourth-order valence-corrected chi connectivity index (χ4v) is 6.31. The van der Waals surface area contributed by atoms with E-state index in [4.69, 9.17) is 44.3 Å². The molecule has 1 atom stereocenters. The first kappa shape index (κ1) is 33.3. The smallest absolute Gasteiger partial charge is 0.264 e. The van der Waals surface area contributed by atoms with E-state index in [2.05, 4.69) is 5.32 Å². The Balaban J connectivity index is 2.11. The minimum atomic E-state index is -4.34. The van der Waals surface area contributed by atoms with Gasteiger partial charge in [0.2, 0.25) is 11.8 Å². The van der Waals surface area contributed by atoms with E-state index in [-0.39, 0.29) is 35.2 Å². The highest BCUT2D eigenvalue weighted by Crippen LogP contribution is 2.33. The molecule has 1 N–H and O–H groups in total. The van der Waals surface area contributed by atoms with Crippen molar-refractivity contribution in [3.05, 3.63) is 81.3 Å². The summed E-state index contributed by atoms with van der Waals surface area (Å²) in [7, 11) is -1.51. The number of carbonyl (C=O) groups is 2. The molecule has 0 aliphatic heterocycles. The summed E-state index contributed by atoms with van der Waals surface area (Å²) in [5.41, 5.74) is 0.732. The van der Waals surface area contributed by atoms with Gasteiger partial charge in [-0.1, -0.05) is 47.8 Å². The van der Waals surface area contributed by atoms with Gasteiger partial charge in [-0.05, 0) is 67.4 Å².